The van der Waals surface area contributed by atoms with Crippen LogP contribution in [0.25, 0.3) is 0 Å². The highest BCUT2D eigenvalue weighted by molar-refractivity contribution is 7.80. The molecule has 0 aromatic heterocycles. The first kappa shape index (κ1) is 15.5. The van der Waals surface area contributed by atoms with Gasteiger partial charge in [0.15, 0.2) is 0 Å². The van der Waals surface area contributed by atoms with Crippen LogP contribution in [0.3, 0.4) is 0 Å². The van der Waals surface area contributed by atoms with Gasteiger partial charge in [-0.05, 0) is 31.4 Å². The fraction of sp³-hybridized carbons (Fsp3) is 0.588. The number of thiocarbonyl (C=S) groups is 1. The molecule has 2 N–H and O–H groups in total. The van der Waals surface area contributed by atoms with Crippen LogP contribution in [0, 0.1) is 5.92 Å². The van der Waals surface area contributed by atoms with Gasteiger partial charge in [-0.1, -0.05) is 62.3 Å². The summed E-state index contributed by atoms with van der Waals surface area (Å²) in [5.74, 6) is 1.00. The minimum atomic E-state index is 0.161. The zero-order chi connectivity index (χ0) is 14.5. The lowest BCUT2D eigenvalue weighted by Gasteiger charge is -2.36. The van der Waals surface area contributed by atoms with Crippen LogP contribution in [0.1, 0.15) is 44.1 Å². The molecule has 3 atom stereocenters. The molecule has 3 heteroatoms. The highest BCUT2D eigenvalue weighted by atomic mass is 32.1. The van der Waals surface area contributed by atoms with Crippen molar-refractivity contribution in [1.29, 1.82) is 0 Å². The third kappa shape index (κ3) is 4.03. The number of benzene rings is 1. The van der Waals surface area contributed by atoms with Crippen LogP contribution in [-0.2, 0) is 0 Å². The lowest BCUT2D eigenvalue weighted by atomic mass is 9.86. The van der Waals surface area contributed by atoms with E-state index in [1.807, 2.05) is 6.07 Å². The first-order valence-electron chi connectivity index (χ1n) is 7.62. The largest absolute Gasteiger partial charge is 0.393 e. The van der Waals surface area contributed by atoms with Crippen LogP contribution in [0.15, 0.2) is 30.3 Å². The summed E-state index contributed by atoms with van der Waals surface area (Å²) in [5.41, 5.74) is 7.21. The van der Waals surface area contributed by atoms with Crippen molar-refractivity contribution >= 4 is 17.2 Å². The molecule has 1 aliphatic carbocycles. The SMILES string of the molecule is CC1CCCC(N(C)CC(C(N)=S)c2ccccc2)C1. The van der Waals surface area contributed by atoms with Gasteiger partial charge in [0.25, 0.3) is 0 Å². The molecule has 20 heavy (non-hydrogen) atoms. The Labute approximate surface area is 128 Å². The highest BCUT2D eigenvalue weighted by Gasteiger charge is 2.25. The maximum atomic E-state index is 5.98. The fourth-order valence-corrected chi connectivity index (χ4v) is 3.50. The van der Waals surface area contributed by atoms with Crippen LogP contribution in [0.5, 0.6) is 0 Å². The number of nitrogens with two attached hydrogens (primary N) is 1. The first-order valence-corrected chi connectivity index (χ1v) is 8.03. The Morgan fingerprint density at radius 1 is 1.35 bits per heavy atom. The Morgan fingerprint density at radius 3 is 2.65 bits per heavy atom. The van der Waals surface area contributed by atoms with E-state index in [4.69, 9.17) is 18.0 Å². The zero-order valence-electron chi connectivity index (χ0n) is 12.6. The van der Waals surface area contributed by atoms with Crippen LogP contribution in [-0.4, -0.2) is 29.5 Å². The Hall–Kier alpha value is -0.930. The van der Waals surface area contributed by atoms with Crippen molar-refractivity contribution in [3.05, 3.63) is 35.9 Å². The predicted molar refractivity (Wildman–Crippen MR) is 90.0 cm³/mol. The third-order valence-corrected chi connectivity index (χ3v) is 4.83. The van der Waals surface area contributed by atoms with Gasteiger partial charge in [0.1, 0.15) is 0 Å². The molecule has 0 radical (unpaired) electrons. The van der Waals surface area contributed by atoms with Gasteiger partial charge in [0, 0.05) is 18.5 Å². The normalized spacial score (nSPS) is 24.6. The second kappa shape index (κ2) is 7.19. The number of nitrogens with zero attached hydrogens (tertiary/aromatic N) is 1. The fourth-order valence-electron chi connectivity index (χ4n) is 3.28. The summed E-state index contributed by atoms with van der Waals surface area (Å²) in [4.78, 5) is 3.07. The summed E-state index contributed by atoms with van der Waals surface area (Å²) in [6, 6.07) is 11.1. The molecule has 3 unspecified atom stereocenters. The summed E-state index contributed by atoms with van der Waals surface area (Å²) >= 11 is 5.29. The summed E-state index contributed by atoms with van der Waals surface area (Å²) in [6.07, 6.45) is 5.33. The molecule has 0 amide bonds. The van der Waals surface area contributed by atoms with Gasteiger partial charge >= 0.3 is 0 Å². The minimum Gasteiger partial charge on any atom is -0.393 e. The maximum Gasteiger partial charge on any atom is 0.0816 e. The van der Waals surface area contributed by atoms with E-state index in [9.17, 15) is 0 Å². The van der Waals surface area contributed by atoms with Gasteiger partial charge in [-0.2, -0.15) is 0 Å². The molecule has 0 saturated heterocycles. The molecule has 0 aliphatic heterocycles. The van der Waals surface area contributed by atoms with E-state index in [2.05, 4.69) is 43.1 Å². The molecule has 2 rings (SSSR count). The lowest BCUT2D eigenvalue weighted by Crippen LogP contribution is -2.40. The molecule has 1 aromatic carbocycles. The van der Waals surface area contributed by atoms with Crippen LogP contribution in [0.2, 0.25) is 0 Å². The van der Waals surface area contributed by atoms with Gasteiger partial charge in [0.05, 0.1) is 4.99 Å². The second-order valence-electron chi connectivity index (χ2n) is 6.23. The Kier molecular flexibility index (Phi) is 5.55. The molecule has 2 nitrogen and oxygen atoms in total. The standard InChI is InChI=1S/C17H26N2S/c1-13-7-6-10-15(11-13)19(2)12-16(17(18)20)14-8-4-3-5-9-14/h3-5,8-9,13,15-16H,6-7,10-12H2,1-2H3,(H2,18,20). The predicted octanol–water partition coefficient (Wildman–Crippen LogP) is 3.57. The smallest absolute Gasteiger partial charge is 0.0816 e. The molecule has 0 heterocycles. The quantitative estimate of drug-likeness (QED) is 0.841. The number of rotatable bonds is 5. The van der Waals surface area contributed by atoms with E-state index in [0.717, 1.165) is 12.5 Å². The van der Waals surface area contributed by atoms with Gasteiger partial charge in [-0.15, -0.1) is 0 Å². The van der Waals surface area contributed by atoms with Crippen molar-refractivity contribution in [2.24, 2.45) is 11.7 Å². The zero-order valence-corrected chi connectivity index (χ0v) is 13.4. The topological polar surface area (TPSA) is 29.3 Å². The summed E-state index contributed by atoms with van der Waals surface area (Å²) < 4.78 is 0. The monoisotopic (exact) mass is 290 g/mol. The molecule has 0 bridgehead atoms. The van der Waals surface area contributed by atoms with E-state index in [0.29, 0.717) is 11.0 Å². The number of hydrogen-bond donors (Lipinski definition) is 1. The molecule has 1 aliphatic rings. The van der Waals surface area contributed by atoms with Crippen molar-refractivity contribution in [2.45, 2.75) is 44.6 Å². The van der Waals surface area contributed by atoms with E-state index in [1.54, 1.807) is 0 Å². The summed E-state index contributed by atoms with van der Waals surface area (Å²) in [5, 5.41) is 0. The molecular formula is C17H26N2S. The number of likely N-dealkylation sites (N-methyl/N-ethyl adjacent to an activating group) is 1. The van der Waals surface area contributed by atoms with Crippen molar-refractivity contribution < 1.29 is 0 Å². The molecule has 1 aromatic rings. The second-order valence-corrected chi connectivity index (χ2v) is 6.70. The first-order chi connectivity index (χ1) is 9.58. The van der Waals surface area contributed by atoms with Crippen LogP contribution < -0.4 is 5.73 Å². The molecular weight excluding hydrogens is 264 g/mol. The van der Waals surface area contributed by atoms with E-state index in [-0.39, 0.29) is 5.92 Å². The molecule has 110 valence electrons. The Bertz CT molecular complexity index is 432. The van der Waals surface area contributed by atoms with E-state index in [1.165, 1.54) is 31.2 Å². The lowest BCUT2D eigenvalue weighted by molar-refractivity contribution is 0.163. The van der Waals surface area contributed by atoms with Crippen molar-refractivity contribution in [2.75, 3.05) is 13.6 Å². The van der Waals surface area contributed by atoms with Crippen molar-refractivity contribution in [3.63, 3.8) is 0 Å². The van der Waals surface area contributed by atoms with Crippen molar-refractivity contribution in [1.82, 2.24) is 4.90 Å². The van der Waals surface area contributed by atoms with Gasteiger partial charge in [0.2, 0.25) is 0 Å². The third-order valence-electron chi connectivity index (χ3n) is 4.55. The molecule has 1 saturated carbocycles. The highest BCUT2D eigenvalue weighted by Crippen LogP contribution is 2.28. The van der Waals surface area contributed by atoms with E-state index < -0.39 is 0 Å². The Morgan fingerprint density at radius 2 is 2.05 bits per heavy atom. The Balaban J connectivity index is 2.03. The van der Waals surface area contributed by atoms with Crippen LogP contribution >= 0.6 is 12.2 Å². The minimum absolute atomic E-state index is 0.161. The summed E-state index contributed by atoms with van der Waals surface area (Å²) in [6.45, 7) is 3.29. The molecule has 1 fully saturated rings. The number of hydrogen-bond acceptors (Lipinski definition) is 2. The van der Waals surface area contributed by atoms with Gasteiger partial charge in [-0.3, -0.25) is 0 Å². The maximum absolute atomic E-state index is 5.98. The average Bonchev–Trinajstić information content (AvgIpc) is 2.45. The van der Waals surface area contributed by atoms with Crippen LogP contribution in [0.4, 0.5) is 0 Å². The van der Waals surface area contributed by atoms with Gasteiger partial charge in [-0.25, -0.2) is 0 Å². The van der Waals surface area contributed by atoms with E-state index >= 15 is 0 Å². The van der Waals surface area contributed by atoms with Gasteiger partial charge < -0.3 is 10.6 Å². The van der Waals surface area contributed by atoms with Crippen molar-refractivity contribution in [3.8, 4) is 0 Å². The average molecular weight is 290 g/mol. The summed E-state index contributed by atoms with van der Waals surface area (Å²) in [7, 11) is 2.22. The molecule has 0 spiro atoms.